The van der Waals surface area contributed by atoms with Crippen molar-refractivity contribution >= 4 is 39.1 Å². The van der Waals surface area contributed by atoms with Crippen LogP contribution in [0.2, 0.25) is 0 Å². The van der Waals surface area contributed by atoms with Crippen molar-refractivity contribution < 1.29 is 19.6 Å². The Labute approximate surface area is 165 Å². The van der Waals surface area contributed by atoms with Crippen LogP contribution >= 0.6 is 0 Å². The van der Waals surface area contributed by atoms with Gasteiger partial charge in [-0.1, -0.05) is 6.07 Å². The molecule has 4 rings (SSSR count). The number of fused-ring (bicyclic) bond motifs is 2. The summed E-state index contributed by atoms with van der Waals surface area (Å²) < 4.78 is 4.83. The fraction of sp³-hybridized carbons (Fsp3) is 0.150. The maximum Gasteiger partial charge on any atom is 0.354 e. The number of non-ortho nitro benzene ring substituents is 1. The quantitative estimate of drug-likeness (QED) is 0.180. The SMILES string of the molecule is CCOC(=O)c1cc2ccc([N+](=O)[O-])cc2[nH]1.Nc1ccc2cc(CO)[nH]c2c1. The van der Waals surface area contributed by atoms with Crippen molar-refractivity contribution in [2.75, 3.05) is 12.3 Å². The number of nitro benzene ring substituents is 1. The minimum Gasteiger partial charge on any atom is -0.461 e. The van der Waals surface area contributed by atoms with Crippen LogP contribution in [0.4, 0.5) is 11.4 Å². The van der Waals surface area contributed by atoms with Gasteiger partial charge in [-0.3, -0.25) is 10.1 Å². The van der Waals surface area contributed by atoms with E-state index in [1.165, 1.54) is 12.1 Å². The van der Waals surface area contributed by atoms with E-state index in [9.17, 15) is 14.9 Å². The van der Waals surface area contributed by atoms with Crippen molar-refractivity contribution in [2.24, 2.45) is 0 Å². The van der Waals surface area contributed by atoms with Crippen LogP contribution in [0.5, 0.6) is 0 Å². The summed E-state index contributed by atoms with van der Waals surface area (Å²) in [6.07, 6.45) is 0. The molecule has 0 aliphatic heterocycles. The lowest BCUT2D eigenvalue weighted by molar-refractivity contribution is -0.384. The molecule has 0 fully saturated rings. The average Bonchev–Trinajstić information content (AvgIpc) is 3.31. The highest BCUT2D eigenvalue weighted by atomic mass is 16.6. The summed E-state index contributed by atoms with van der Waals surface area (Å²) in [5, 5.41) is 21.2. The molecule has 0 aliphatic carbocycles. The number of ether oxygens (including phenoxy) is 1. The zero-order chi connectivity index (χ0) is 21.0. The zero-order valence-electron chi connectivity index (χ0n) is 15.6. The van der Waals surface area contributed by atoms with Crippen molar-refractivity contribution in [1.82, 2.24) is 9.97 Å². The first-order valence-electron chi connectivity index (χ1n) is 8.83. The number of H-pyrrole nitrogens is 2. The maximum absolute atomic E-state index is 11.4. The molecule has 9 heteroatoms. The average molecular weight is 396 g/mol. The summed E-state index contributed by atoms with van der Waals surface area (Å²) in [6.45, 7) is 2.04. The van der Waals surface area contributed by atoms with Gasteiger partial charge in [0, 0.05) is 34.4 Å². The van der Waals surface area contributed by atoms with Gasteiger partial charge in [-0.05, 0) is 42.6 Å². The van der Waals surface area contributed by atoms with Crippen molar-refractivity contribution in [3.63, 3.8) is 0 Å². The molecule has 9 nitrogen and oxygen atoms in total. The Bertz CT molecular complexity index is 1180. The topological polar surface area (TPSA) is 147 Å². The second-order valence-corrected chi connectivity index (χ2v) is 6.23. The highest BCUT2D eigenvalue weighted by Crippen LogP contribution is 2.21. The number of nitrogens with one attached hydrogen (secondary N) is 2. The first-order chi connectivity index (χ1) is 13.9. The number of nitrogens with zero attached hydrogens (tertiary/aromatic N) is 1. The number of nitrogens with two attached hydrogens (primary N) is 1. The van der Waals surface area contributed by atoms with Crippen molar-refractivity contribution in [2.45, 2.75) is 13.5 Å². The van der Waals surface area contributed by atoms with Crippen LogP contribution in [-0.2, 0) is 11.3 Å². The molecular formula is C20H20N4O5. The number of esters is 1. The fourth-order valence-electron chi connectivity index (χ4n) is 2.84. The Kier molecular flexibility index (Phi) is 5.79. The second-order valence-electron chi connectivity index (χ2n) is 6.23. The van der Waals surface area contributed by atoms with Gasteiger partial charge in [0.25, 0.3) is 5.69 Å². The fourth-order valence-corrected chi connectivity index (χ4v) is 2.84. The number of aromatic amines is 2. The lowest BCUT2D eigenvalue weighted by atomic mass is 10.2. The molecule has 5 N–H and O–H groups in total. The number of hydrogen-bond donors (Lipinski definition) is 4. The lowest BCUT2D eigenvalue weighted by Gasteiger charge is -1.96. The number of nitrogen functional groups attached to an aromatic ring is 1. The molecule has 2 heterocycles. The molecule has 29 heavy (non-hydrogen) atoms. The largest absolute Gasteiger partial charge is 0.461 e. The highest BCUT2D eigenvalue weighted by Gasteiger charge is 2.12. The zero-order valence-corrected chi connectivity index (χ0v) is 15.6. The third-order valence-corrected chi connectivity index (χ3v) is 4.18. The number of anilines is 1. The van der Waals surface area contributed by atoms with Crippen LogP contribution in [0.1, 0.15) is 23.1 Å². The predicted octanol–water partition coefficient (Wildman–Crippen LogP) is 3.50. The minimum absolute atomic E-state index is 0.0187. The number of aliphatic hydroxyl groups excluding tert-OH is 1. The van der Waals surface area contributed by atoms with Gasteiger partial charge < -0.3 is 25.5 Å². The third kappa shape index (κ3) is 4.53. The predicted molar refractivity (Wildman–Crippen MR) is 110 cm³/mol. The van der Waals surface area contributed by atoms with Crippen molar-refractivity contribution in [3.05, 3.63) is 70.0 Å². The van der Waals surface area contributed by atoms with E-state index in [1.807, 2.05) is 24.3 Å². The summed E-state index contributed by atoms with van der Waals surface area (Å²) in [6, 6.07) is 13.5. The molecule has 0 amide bonds. The molecule has 0 atom stereocenters. The Morgan fingerprint density at radius 3 is 2.48 bits per heavy atom. The molecule has 0 saturated heterocycles. The molecule has 0 radical (unpaired) electrons. The van der Waals surface area contributed by atoms with Gasteiger partial charge in [0.1, 0.15) is 5.69 Å². The van der Waals surface area contributed by atoms with E-state index < -0.39 is 10.9 Å². The first kappa shape index (κ1) is 19.9. The summed E-state index contributed by atoms with van der Waals surface area (Å²) in [7, 11) is 0. The lowest BCUT2D eigenvalue weighted by Crippen LogP contribution is -2.04. The number of nitro groups is 1. The first-order valence-corrected chi connectivity index (χ1v) is 8.83. The molecule has 0 saturated carbocycles. The third-order valence-electron chi connectivity index (χ3n) is 4.18. The smallest absolute Gasteiger partial charge is 0.354 e. The number of aromatic nitrogens is 2. The number of carbonyl (C=O) groups excluding carboxylic acids is 1. The Morgan fingerprint density at radius 2 is 1.79 bits per heavy atom. The summed E-state index contributed by atoms with van der Waals surface area (Å²) in [5.41, 5.74) is 8.93. The van der Waals surface area contributed by atoms with E-state index in [-0.39, 0.29) is 18.9 Å². The van der Waals surface area contributed by atoms with Gasteiger partial charge in [-0.25, -0.2) is 4.79 Å². The molecule has 2 aromatic carbocycles. The molecule has 0 spiro atoms. The molecule has 0 unspecified atom stereocenters. The van der Waals surface area contributed by atoms with Crippen LogP contribution in [0, 0.1) is 10.1 Å². The normalized spacial score (nSPS) is 10.6. The number of benzene rings is 2. The van der Waals surface area contributed by atoms with E-state index in [4.69, 9.17) is 15.6 Å². The van der Waals surface area contributed by atoms with Crippen molar-refractivity contribution in [3.8, 4) is 0 Å². The van der Waals surface area contributed by atoms with Crippen LogP contribution in [0.3, 0.4) is 0 Å². The van der Waals surface area contributed by atoms with Crippen molar-refractivity contribution in [1.29, 1.82) is 0 Å². The number of carbonyl (C=O) groups is 1. The van der Waals surface area contributed by atoms with Gasteiger partial charge >= 0.3 is 5.97 Å². The van der Waals surface area contributed by atoms with Crippen LogP contribution in [0.25, 0.3) is 21.8 Å². The van der Waals surface area contributed by atoms with Gasteiger partial charge in [0.2, 0.25) is 0 Å². The van der Waals surface area contributed by atoms with E-state index in [1.54, 1.807) is 19.1 Å². The van der Waals surface area contributed by atoms with E-state index in [0.717, 1.165) is 27.7 Å². The number of hydrogen-bond acceptors (Lipinski definition) is 6. The monoisotopic (exact) mass is 396 g/mol. The van der Waals surface area contributed by atoms with Gasteiger partial charge in [0.15, 0.2) is 0 Å². The van der Waals surface area contributed by atoms with Gasteiger partial charge in [-0.2, -0.15) is 0 Å². The molecule has 2 aromatic heterocycles. The van der Waals surface area contributed by atoms with E-state index in [2.05, 4.69) is 9.97 Å². The Hall–Kier alpha value is -3.85. The number of aliphatic hydroxyl groups is 1. The summed E-state index contributed by atoms with van der Waals surface area (Å²) in [5.74, 6) is -0.466. The Balaban J connectivity index is 0.000000176. The summed E-state index contributed by atoms with van der Waals surface area (Å²) >= 11 is 0. The van der Waals surface area contributed by atoms with Crippen LogP contribution < -0.4 is 5.73 Å². The standard InChI is InChI=1S/C11H10N2O4.C9H10N2O/c1-2-17-11(14)10-5-7-3-4-8(13(15)16)6-9(7)12-10;10-7-2-1-6-3-8(5-12)11-9(6)4-7/h3-6,12H,2H2,1H3;1-4,11-12H,5,10H2. The van der Waals surface area contributed by atoms with E-state index >= 15 is 0 Å². The summed E-state index contributed by atoms with van der Waals surface area (Å²) in [4.78, 5) is 27.4. The second kappa shape index (κ2) is 8.44. The molecule has 0 bridgehead atoms. The van der Waals surface area contributed by atoms with E-state index in [0.29, 0.717) is 11.2 Å². The highest BCUT2D eigenvalue weighted by molar-refractivity contribution is 5.95. The van der Waals surface area contributed by atoms with Gasteiger partial charge in [-0.15, -0.1) is 0 Å². The molecule has 0 aliphatic rings. The maximum atomic E-state index is 11.4. The van der Waals surface area contributed by atoms with Crippen LogP contribution in [-0.4, -0.2) is 32.6 Å². The molecule has 150 valence electrons. The molecule has 4 aromatic rings. The Morgan fingerprint density at radius 1 is 1.10 bits per heavy atom. The van der Waals surface area contributed by atoms with Crippen LogP contribution in [0.15, 0.2) is 48.5 Å². The minimum atomic E-state index is -0.482. The van der Waals surface area contributed by atoms with Gasteiger partial charge in [0.05, 0.1) is 23.7 Å². The number of rotatable bonds is 4. The molecular weight excluding hydrogens is 376 g/mol.